The molecule has 1 aliphatic heterocycles. The molecule has 1 aliphatic rings. The van der Waals surface area contributed by atoms with E-state index in [1.165, 1.54) is 0 Å². The Hall–Kier alpha value is -1.83. The van der Waals surface area contributed by atoms with E-state index in [1.807, 2.05) is 11.8 Å². The highest BCUT2D eigenvalue weighted by Crippen LogP contribution is 2.21. The maximum absolute atomic E-state index is 5.78. The topological polar surface area (TPSA) is 85.8 Å². The summed E-state index contributed by atoms with van der Waals surface area (Å²) in [6.07, 6.45) is 5.11. The fourth-order valence-corrected chi connectivity index (χ4v) is 3.02. The molecule has 0 amide bonds. The number of anilines is 2. The molecular formula is C11H15N7S. The lowest BCUT2D eigenvalue weighted by molar-refractivity contribution is 0.744. The van der Waals surface area contributed by atoms with Crippen molar-refractivity contribution in [2.45, 2.75) is 12.2 Å². The zero-order chi connectivity index (χ0) is 13.2. The van der Waals surface area contributed by atoms with E-state index in [4.69, 9.17) is 5.73 Å². The van der Waals surface area contributed by atoms with Crippen molar-refractivity contribution >= 4 is 23.7 Å². The summed E-state index contributed by atoms with van der Waals surface area (Å²) < 4.78 is 1.73. The third-order valence-corrected chi connectivity index (χ3v) is 4.02. The molecule has 3 heterocycles. The number of thioether (sulfide) groups is 1. The fourth-order valence-electron chi connectivity index (χ4n) is 2.00. The zero-order valence-corrected chi connectivity index (χ0v) is 11.4. The molecular weight excluding hydrogens is 262 g/mol. The van der Waals surface area contributed by atoms with Crippen LogP contribution in [0.4, 0.5) is 11.9 Å². The predicted molar refractivity (Wildman–Crippen MR) is 75.5 cm³/mol. The zero-order valence-electron chi connectivity index (χ0n) is 10.6. The van der Waals surface area contributed by atoms with E-state index in [9.17, 15) is 0 Å². The van der Waals surface area contributed by atoms with Gasteiger partial charge in [0.15, 0.2) is 0 Å². The van der Waals surface area contributed by atoms with E-state index in [-0.39, 0.29) is 5.95 Å². The van der Waals surface area contributed by atoms with Gasteiger partial charge in [-0.15, -0.1) is 0 Å². The van der Waals surface area contributed by atoms with Gasteiger partial charge in [0.1, 0.15) is 6.33 Å². The third-order valence-electron chi connectivity index (χ3n) is 2.89. The number of nitrogen functional groups attached to an aromatic ring is 1. The monoisotopic (exact) mass is 277 g/mol. The Labute approximate surface area is 115 Å². The van der Waals surface area contributed by atoms with E-state index < -0.39 is 0 Å². The van der Waals surface area contributed by atoms with Crippen LogP contribution < -0.4 is 10.6 Å². The standard InChI is InChI=1S/C11H15N7S/c1-8-6-17(4-5-19-8)10-14-9(12)15-11(16-10)18-3-2-13-7-18/h2-3,7-8H,4-6H2,1H3,(H2,12,14,15,16). The summed E-state index contributed by atoms with van der Waals surface area (Å²) in [4.78, 5) is 19.0. The van der Waals surface area contributed by atoms with Gasteiger partial charge in [0.25, 0.3) is 0 Å². The number of imidazole rings is 1. The number of rotatable bonds is 2. The molecule has 0 aromatic carbocycles. The third kappa shape index (κ3) is 2.62. The molecule has 2 aromatic rings. The second-order valence-corrected chi connectivity index (χ2v) is 5.94. The Balaban J connectivity index is 1.93. The lowest BCUT2D eigenvalue weighted by Crippen LogP contribution is -2.38. The van der Waals surface area contributed by atoms with Crippen LogP contribution in [0, 0.1) is 0 Å². The molecule has 2 N–H and O–H groups in total. The molecule has 7 nitrogen and oxygen atoms in total. The van der Waals surface area contributed by atoms with Crippen LogP contribution in [0.1, 0.15) is 6.92 Å². The minimum atomic E-state index is 0.236. The molecule has 0 bridgehead atoms. The lowest BCUT2D eigenvalue weighted by Gasteiger charge is -2.30. The first-order valence-electron chi connectivity index (χ1n) is 6.09. The molecule has 3 rings (SSSR count). The van der Waals surface area contributed by atoms with Crippen LogP contribution >= 0.6 is 11.8 Å². The number of aromatic nitrogens is 5. The van der Waals surface area contributed by atoms with Crippen LogP contribution in [0.2, 0.25) is 0 Å². The molecule has 1 saturated heterocycles. The van der Waals surface area contributed by atoms with Crippen LogP contribution in [0.25, 0.3) is 5.95 Å². The van der Waals surface area contributed by atoms with Gasteiger partial charge in [-0.25, -0.2) is 4.98 Å². The van der Waals surface area contributed by atoms with Crippen molar-refractivity contribution < 1.29 is 0 Å². The summed E-state index contributed by atoms with van der Waals surface area (Å²) in [6, 6.07) is 0. The largest absolute Gasteiger partial charge is 0.368 e. The normalized spacial score (nSPS) is 19.6. The average Bonchev–Trinajstić information content (AvgIpc) is 2.92. The predicted octanol–water partition coefficient (Wildman–Crippen LogP) is 0.581. The van der Waals surface area contributed by atoms with E-state index in [0.29, 0.717) is 17.1 Å². The number of nitrogens with zero attached hydrogens (tertiary/aromatic N) is 6. The smallest absolute Gasteiger partial charge is 0.241 e. The molecule has 1 unspecified atom stereocenters. The Morgan fingerprint density at radius 1 is 1.32 bits per heavy atom. The first-order valence-corrected chi connectivity index (χ1v) is 7.13. The van der Waals surface area contributed by atoms with Crippen molar-refractivity contribution in [1.82, 2.24) is 24.5 Å². The first-order chi connectivity index (χ1) is 9.22. The van der Waals surface area contributed by atoms with Gasteiger partial charge in [0.05, 0.1) is 0 Å². The van der Waals surface area contributed by atoms with Crippen LogP contribution in [-0.4, -0.2) is 48.6 Å². The van der Waals surface area contributed by atoms with Crippen molar-refractivity contribution in [3.63, 3.8) is 0 Å². The second kappa shape index (κ2) is 5.04. The highest BCUT2D eigenvalue weighted by atomic mass is 32.2. The molecule has 1 atom stereocenters. The molecule has 0 saturated carbocycles. The second-order valence-electron chi connectivity index (χ2n) is 4.39. The molecule has 0 spiro atoms. The molecule has 19 heavy (non-hydrogen) atoms. The molecule has 1 fully saturated rings. The van der Waals surface area contributed by atoms with Crippen molar-refractivity contribution in [3.8, 4) is 5.95 Å². The maximum Gasteiger partial charge on any atom is 0.241 e. The van der Waals surface area contributed by atoms with Crippen molar-refractivity contribution in [2.24, 2.45) is 0 Å². The summed E-state index contributed by atoms with van der Waals surface area (Å²) in [5.74, 6) is 2.46. The summed E-state index contributed by atoms with van der Waals surface area (Å²) in [6.45, 7) is 4.07. The SMILES string of the molecule is CC1CN(c2nc(N)nc(-n3ccnc3)n2)CCS1. The average molecular weight is 277 g/mol. The minimum Gasteiger partial charge on any atom is -0.368 e. The number of hydrogen-bond donors (Lipinski definition) is 1. The molecule has 100 valence electrons. The van der Waals surface area contributed by atoms with Gasteiger partial charge in [-0.2, -0.15) is 26.7 Å². The van der Waals surface area contributed by atoms with E-state index >= 15 is 0 Å². The van der Waals surface area contributed by atoms with Crippen LogP contribution in [0.5, 0.6) is 0 Å². The van der Waals surface area contributed by atoms with Crippen molar-refractivity contribution in [3.05, 3.63) is 18.7 Å². The van der Waals surface area contributed by atoms with Crippen LogP contribution in [0.15, 0.2) is 18.7 Å². The molecule has 0 radical (unpaired) electrons. The Bertz CT molecular complexity index is 556. The van der Waals surface area contributed by atoms with Gasteiger partial charge < -0.3 is 10.6 Å². The molecule has 8 heteroatoms. The van der Waals surface area contributed by atoms with Gasteiger partial charge in [-0.1, -0.05) is 6.92 Å². The van der Waals surface area contributed by atoms with E-state index in [2.05, 4.69) is 31.8 Å². The summed E-state index contributed by atoms with van der Waals surface area (Å²) in [5, 5.41) is 0.573. The number of nitrogens with two attached hydrogens (primary N) is 1. The van der Waals surface area contributed by atoms with Gasteiger partial charge in [-0.05, 0) is 0 Å². The van der Waals surface area contributed by atoms with E-state index in [1.54, 1.807) is 23.3 Å². The molecule has 0 aliphatic carbocycles. The Morgan fingerprint density at radius 2 is 2.16 bits per heavy atom. The quantitative estimate of drug-likeness (QED) is 0.859. The Morgan fingerprint density at radius 3 is 2.89 bits per heavy atom. The summed E-state index contributed by atoms with van der Waals surface area (Å²) in [5.41, 5.74) is 5.78. The van der Waals surface area contributed by atoms with E-state index in [0.717, 1.165) is 18.8 Å². The van der Waals surface area contributed by atoms with Gasteiger partial charge in [-0.3, -0.25) is 4.57 Å². The van der Waals surface area contributed by atoms with Gasteiger partial charge in [0, 0.05) is 36.5 Å². The maximum atomic E-state index is 5.78. The Kier molecular flexibility index (Phi) is 3.24. The first kappa shape index (κ1) is 12.2. The summed E-state index contributed by atoms with van der Waals surface area (Å²) >= 11 is 1.96. The highest BCUT2D eigenvalue weighted by molar-refractivity contribution is 8.00. The van der Waals surface area contributed by atoms with Crippen molar-refractivity contribution in [2.75, 3.05) is 29.5 Å². The van der Waals surface area contributed by atoms with Gasteiger partial charge in [0.2, 0.25) is 17.8 Å². The fraction of sp³-hybridized carbons (Fsp3) is 0.455. The highest BCUT2D eigenvalue weighted by Gasteiger charge is 2.20. The van der Waals surface area contributed by atoms with Crippen LogP contribution in [-0.2, 0) is 0 Å². The number of hydrogen-bond acceptors (Lipinski definition) is 7. The summed E-state index contributed by atoms with van der Waals surface area (Å²) in [7, 11) is 0. The lowest BCUT2D eigenvalue weighted by atomic mass is 10.4. The van der Waals surface area contributed by atoms with Crippen LogP contribution in [0.3, 0.4) is 0 Å². The minimum absolute atomic E-state index is 0.236. The van der Waals surface area contributed by atoms with Gasteiger partial charge >= 0.3 is 0 Å². The van der Waals surface area contributed by atoms with Crippen molar-refractivity contribution in [1.29, 1.82) is 0 Å². The molecule has 2 aromatic heterocycles.